The molecule has 0 bridgehead atoms. The number of nitrogens with zero attached hydrogens (tertiary/aromatic N) is 1. The van der Waals surface area contributed by atoms with Crippen molar-refractivity contribution in [1.82, 2.24) is 4.90 Å². The third-order valence-corrected chi connectivity index (χ3v) is 3.44. The number of hydrogen-bond acceptors (Lipinski definition) is 3. The van der Waals surface area contributed by atoms with Crippen LogP contribution < -0.4 is 11.1 Å². The van der Waals surface area contributed by atoms with Gasteiger partial charge >= 0.3 is 0 Å². The fourth-order valence-corrected chi connectivity index (χ4v) is 2.26. The van der Waals surface area contributed by atoms with Crippen molar-refractivity contribution in [2.24, 2.45) is 5.92 Å². The maximum absolute atomic E-state index is 12.3. The van der Waals surface area contributed by atoms with Crippen molar-refractivity contribution in [2.75, 3.05) is 24.1 Å². The average Bonchev–Trinajstić information content (AvgIpc) is 2.38. The molecule has 0 aliphatic rings. The molecule has 3 N–H and O–H groups in total. The number of carbonyl (C=O) groups is 1. The number of nitrogens with two attached hydrogens (primary N) is 1. The quantitative estimate of drug-likeness (QED) is 0.786. The molecule has 0 aliphatic carbocycles. The molecule has 0 aliphatic heterocycles. The summed E-state index contributed by atoms with van der Waals surface area (Å²) in [6.45, 7) is 12.1. The average molecular weight is 277 g/mol. The number of benzene rings is 1. The lowest BCUT2D eigenvalue weighted by atomic mass is 10.1. The van der Waals surface area contributed by atoms with Gasteiger partial charge in [-0.3, -0.25) is 9.69 Å². The summed E-state index contributed by atoms with van der Waals surface area (Å²) < 4.78 is 0. The minimum Gasteiger partial charge on any atom is -0.399 e. The molecule has 0 radical (unpaired) electrons. The summed E-state index contributed by atoms with van der Waals surface area (Å²) in [7, 11) is 0. The van der Waals surface area contributed by atoms with Crippen molar-refractivity contribution in [2.45, 2.75) is 40.7 Å². The largest absolute Gasteiger partial charge is 0.399 e. The second-order valence-corrected chi connectivity index (χ2v) is 5.72. The number of aryl methyl sites for hydroxylation is 1. The molecule has 1 aromatic rings. The lowest BCUT2D eigenvalue weighted by Gasteiger charge is -2.28. The van der Waals surface area contributed by atoms with Crippen molar-refractivity contribution >= 4 is 17.3 Å². The lowest BCUT2D eigenvalue weighted by molar-refractivity contribution is -0.120. The van der Waals surface area contributed by atoms with Gasteiger partial charge in [0, 0.05) is 17.9 Å². The third kappa shape index (κ3) is 4.53. The van der Waals surface area contributed by atoms with Crippen LogP contribution in [0, 0.1) is 12.8 Å². The molecule has 1 amide bonds. The number of nitrogen functional groups attached to an aromatic ring is 1. The first kappa shape index (κ1) is 16.5. The number of nitrogens with one attached hydrogen (secondary N) is 1. The van der Waals surface area contributed by atoms with Gasteiger partial charge in [0.1, 0.15) is 0 Å². The normalized spacial score (nSPS) is 12.8. The Hall–Kier alpha value is -1.55. The molecule has 0 fully saturated rings. The van der Waals surface area contributed by atoms with E-state index in [-0.39, 0.29) is 11.9 Å². The van der Waals surface area contributed by atoms with Crippen LogP contribution in [0.5, 0.6) is 0 Å². The van der Waals surface area contributed by atoms with Crippen LogP contribution in [0.3, 0.4) is 0 Å². The number of anilines is 2. The number of amides is 1. The Kier molecular flexibility index (Phi) is 6.02. The zero-order valence-corrected chi connectivity index (χ0v) is 13.2. The van der Waals surface area contributed by atoms with Gasteiger partial charge in [-0.2, -0.15) is 0 Å². The molecule has 1 unspecified atom stereocenters. The van der Waals surface area contributed by atoms with Crippen molar-refractivity contribution in [3.8, 4) is 0 Å². The van der Waals surface area contributed by atoms with Gasteiger partial charge in [-0.1, -0.05) is 20.8 Å². The van der Waals surface area contributed by atoms with Crippen molar-refractivity contribution < 1.29 is 4.79 Å². The number of likely N-dealkylation sites (N-methyl/N-ethyl adjacent to an activating group) is 1. The molecular formula is C16H27N3O. The summed E-state index contributed by atoms with van der Waals surface area (Å²) >= 11 is 0. The first-order chi connectivity index (χ1) is 9.35. The first-order valence-electron chi connectivity index (χ1n) is 7.26. The standard InChI is InChI=1S/C16H27N3O/c1-6-19(10-11(2)3)13(5)16(20)18-15-8-7-14(17)9-12(15)4/h7-9,11,13H,6,10,17H2,1-5H3,(H,18,20). The summed E-state index contributed by atoms with van der Waals surface area (Å²) in [5, 5.41) is 2.99. The number of carbonyl (C=O) groups excluding carboxylic acids is 1. The fraction of sp³-hybridized carbons (Fsp3) is 0.562. The van der Waals surface area contributed by atoms with Gasteiger partial charge in [-0.25, -0.2) is 0 Å². The Labute approximate surface area is 122 Å². The van der Waals surface area contributed by atoms with E-state index in [1.807, 2.05) is 26.0 Å². The van der Waals surface area contributed by atoms with E-state index in [2.05, 4.69) is 31.0 Å². The van der Waals surface area contributed by atoms with E-state index in [0.29, 0.717) is 11.6 Å². The van der Waals surface area contributed by atoms with E-state index in [9.17, 15) is 4.79 Å². The van der Waals surface area contributed by atoms with Crippen molar-refractivity contribution in [3.63, 3.8) is 0 Å². The topological polar surface area (TPSA) is 58.4 Å². The van der Waals surface area contributed by atoms with Crippen LogP contribution in [-0.2, 0) is 4.79 Å². The van der Waals surface area contributed by atoms with Gasteiger partial charge < -0.3 is 11.1 Å². The Morgan fingerprint density at radius 1 is 1.35 bits per heavy atom. The van der Waals surface area contributed by atoms with Crippen LogP contribution in [0.2, 0.25) is 0 Å². The number of hydrogen-bond donors (Lipinski definition) is 2. The maximum Gasteiger partial charge on any atom is 0.241 e. The van der Waals surface area contributed by atoms with Crippen molar-refractivity contribution in [3.05, 3.63) is 23.8 Å². The van der Waals surface area contributed by atoms with E-state index in [1.165, 1.54) is 0 Å². The van der Waals surface area contributed by atoms with E-state index < -0.39 is 0 Å². The molecule has 20 heavy (non-hydrogen) atoms. The smallest absolute Gasteiger partial charge is 0.241 e. The minimum absolute atomic E-state index is 0.0281. The molecule has 1 aromatic carbocycles. The molecule has 0 saturated carbocycles. The Morgan fingerprint density at radius 3 is 2.50 bits per heavy atom. The molecule has 0 saturated heterocycles. The van der Waals surface area contributed by atoms with Gasteiger partial charge in [0.25, 0.3) is 0 Å². The van der Waals surface area contributed by atoms with Gasteiger partial charge in [-0.05, 0) is 50.1 Å². The van der Waals surface area contributed by atoms with Gasteiger partial charge in [0.15, 0.2) is 0 Å². The molecule has 1 rings (SSSR count). The maximum atomic E-state index is 12.3. The molecular weight excluding hydrogens is 250 g/mol. The molecule has 0 heterocycles. The summed E-state index contributed by atoms with van der Waals surface area (Å²) in [6.07, 6.45) is 0. The van der Waals surface area contributed by atoms with Gasteiger partial charge in [0.05, 0.1) is 6.04 Å². The molecule has 0 aromatic heterocycles. The first-order valence-corrected chi connectivity index (χ1v) is 7.26. The minimum atomic E-state index is -0.139. The zero-order valence-electron chi connectivity index (χ0n) is 13.2. The fourth-order valence-electron chi connectivity index (χ4n) is 2.26. The van der Waals surface area contributed by atoms with Crippen LogP contribution in [0.25, 0.3) is 0 Å². The van der Waals surface area contributed by atoms with Crippen LogP contribution in [0.1, 0.15) is 33.3 Å². The highest BCUT2D eigenvalue weighted by molar-refractivity contribution is 5.95. The van der Waals surface area contributed by atoms with E-state index in [4.69, 9.17) is 5.73 Å². The molecule has 4 nitrogen and oxygen atoms in total. The number of rotatable bonds is 6. The van der Waals surface area contributed by atoms with E-state index in [1.54, 1.807) is 6.07 Å². The van der Waals surface area contributed by atoms with Gasteiger partial charge in [-0.15, -0.1) is 0 Å². The van der Waals surface area contributed by atoms with Crippen LogP contribution >= 0.6 is 0 Å². The van der Waals surface area contributed by atoms with Crippen LogP contribution in [-0.4, -0.2) is 29.9 Å². The lowest BCUT2D eigenvalue weighted by Crippen LogP contribution is -2.43. The zero-order chi connectivity index (χ0) is 15.3. The van der Waals surface area contributed by atoms with Crippen LogP contribution in [0.15, 0.2) is 18.2 Å². The van der Waals surface area contributed by atoms with Crippen LogP contribution in [0.4, 0.5) is 11.4 Å². The Morgan fingerprint density at radius 2 is 2.00 bits per heavy atom. The summed E-state index contributed by atoms with van der Waals surface area (Å²) in [6, 6.07) is 5.39. The monoisotopic (exact) mass is 277 g/mol. The molecule has 4 heteroatoms. The highest BCUT2D eigenvalue weighted by Crippen LogP contribution is 2.18. The SMILES string of the molecule is CCN(CC(C)C)C(C)C(=O)Nc1ccc(N)cc1C. The predicted octanol–water partition coefficient (Wildman–Crippen LogP) is 2.88. The van der Waals surface area contributed by atoms with E-state index in [0.717, 1.165) is 24.3 Å². The predicted molar refractivity (Wildman–Crippen MR) is 85.8 cm³/mol. The molecule has 1 atom stereocenters. The summed E-state index contributed by atoms with van der Waals surface area (Å²) in [4.78, 5) is 14.5. The Balaban J connectivity index is 2.73. The molecule has 0 spiro atoms. The highest BCUT2D eigenvalue weighted by Gasteiger charge is 2.21. The molecule has 112 valence electrons. The van der Waals surface area contributed by atoms with Crippen molar-refractivity contribution in [1.29, 1.82) is 0 Å². The second kappa shape index (κ2) is 7.29. The highest BCUT2D eigenvalue weighted by atomic mass is 16.2. The van der Waals surface area contributed by atoms with Gasteiger partial charge in [0.2, 0.25) is 5.91 Å². The Bertz CT molecular complexity index is 457. The summed E-state index contributed by atoms with van der Waals surface area (Å²) in [5.41, 5.74) is 8.25. The second-order valence-electron chi connectivity index (χ2n) is 5.72. The third-order valence-electron chi connectivity index (χ3n) is 3.44. The summed E-state index contributed by atoms with van der Waals surface area (Å²) in [5.74, 6) is 0.573. The van der Waals surface area contributed by atoms with E-state index >= 15 is 0 Å².